The van der Waals surface area contributed by atoms with Crippen molar-refractivity contribution in [3.8, 4) is 5.75 Å². The number of fused-ring (bicyclic) bond motifs is 4. The van der Waals surface area contributed by atoms with Gasteiger partial charge in [0.1, 0.15) is 22.7 Å². The van der Waals surface area contributed by atoms with E-state index >= 15 is 0 Å². The van der Waals surface area contributed by atoms with Crippen molar-refractivity contribution < 1.29 is 14.6 Å². The summed E-state index contributed by atoms with van der Waals surface area (Å²) in [5, 5.41) is 22.5. The predicted molar refractivity (Wildman–Crippen MR) is 126 cm³/mol. The number of benzene rings is 1. The van der Waals surface area contributed by atoms with Crippen molar-refractivity contribution in [3.05, 3.63) is 35.1 Å². The number of hydrogen-bond donors (Lipinski definition) is 3. The van der Waals surface area contributed by atoms with Crippen molar-refractivity contribution in [3.63, 3.8) is 0 Å². The standard InChI is InChI=1S/C23H24N6O3S/c1-23(31)9-29(10-23)22(30)12-3-4-14-18(6-12)33-21-19(14)20(24-11-25-21)27-16-5-13-8-26-28-15(13)7-17(16)32-2/h5,7-8,11-12,31H,3-4,6,9-10H2,1-2H3,(H,26,28)(H,24,25,27)/t12-/m0/s1. The third kappa shape index (κ3) is 3.41. The summed E-state index contributed by atoms with van der Waals surface area (Å²) in [4.78, 5) is 25.9. The minimum absolute atomic E-state index is 0.0466. The number of aliphatic hydroxyl groups is 1. The lowest BCUT2D eigenvalue weighted by Gasteiger charge is -2.45. The van der Waals surface area contributed by atoms with Crippen LogP contribution in [0.5, 0.6) is 5.75 Å². The number of likely N-dealkylation sites (tertiary alicyclic amines) is 1. The highest BCUT2D eigenvalue weighted by Crippen LogP contribution is 2.42. The van der Waals surface area contributed by atoms with Crippen molar-refractivity contribution in [1.29, 1.82) is 0 Å². The number of thiophene rings is 1. The van der Waals surface area contributed by atoms with Gasteiger partial charge in [0.25, 0.3) is 0 Å². The molecule has 1 amide bonds. The third-order valence-corrected chi connectivity index (χ3v) is 7.74. The maximum absolute atomic E-state index is 12.9. The molecule has 3 N–H and O–H groups in total. The molecule has 4 heterocycles. The lowest BCUT2D eigenvalue weighted by Crippen LogP contribution is -2.63. The van der Waals surface area contributed by atoms with E-state index in [1.54, 1.807) is 42.8 Å². The fourth-order valence-electron chi connectivity index (χ4n) is 4.97. The molecule has 1 fully saturated rings. The van der Waals surface area contributed by atoms with Crippen molar-refractivity contribution in [2.75, 3.05) is 25.5 Å². The van der Waals surface area contributed by atoms with Gasteiger partial charge in [0.15, 0.2) is 0 Å². The van der Waals surface area contributed by atoms with Gasteiger partial charge < -0.3 is 20.1 Å². The van der Waals surface area contributed by atoms with Crippen molar-refractivity contribution in [2.24, 2.45) is 5.92 Å². The molecule has 1 saturated heterocycles. The smallest absolute Gasteiger partial charge is 0.226 e. The molecule has 0 saturated carbocycles. The number of aromatic amines is 1. The molecule has 4 aromatic rings. The van der Waals surface area contributed by atoms with Gasteiger partial charge in [-0.15, -0.1) is 11.3 Å². The molecule has 1 aliphatic heterocycles. The molecule has 6 rings (SSSR count). The SMILES string of the molecule is COc1cc2[nH]ncc2cc1Nc1ncnc2sc3c(c12)CC[C@H](C(=O)N1CC(C)(O)C1)C3. The van der Waals surface area contributed by atoms with E-state index in [-0.39, 0.29) is 11.8 Å². The van der Waals surface area contributed by atoms with Gasteiger partial charge in [0.05, 0.1) is 48.6 Å². The summed E-state index contributed by atoms with van der Waals surface area (Å²) in [6.45, 7) is 2.61. The van der Waals surface area contributed by atoms with Gasteiger partial charge >= 0.3 is 0 Å². The average molecular weight is 465 g/mol. The molecule has 10 heteroatoms. The minimum atomic E-state index is -0.746. The molecule has 2 aliphatic rings. The quantitative estimate of drug-likeness (QED) is 0.425. The first kappa shape index (κ1) is 20.4. The van der Waals surface area contributed by atoms with Crippen LogP contribution in [0.1, 0.15) is 23.8 Å². The number of rotatable bonds is 4. The van der Waals surface area contributed by atoms with Crippen molar-refractivity contribution in [1.82, 2.24) is 25.1 Å². The first-order chi connectivity index (χ1) is 15.9. The number of amides is 1. The summed E-state index contributed by atoms with van der Waals surface area (Å²) in [5.74, 6) is 1.53. The zero-order valence-corrected chi connectivity index (χ0v) is 19.2. The van der Waals surface area contributed by atoms with Crippen LogP contribution in [0.4, 0.5) is 11.5 Å². The Labute approximate surface area is 193 Å². The Kier molecular flexibility index (Phi) is 4.56. The van der Waals surface area contributed by atoms with Crippen LogP contribution >= 0.6 is 11.3 Å². The van der Waals surface area contributed by atoms with Gasteiger partial charge in [-0.05, 0) is 37.8 Å². The van der Waals surface area contributed by atoms with E-state index in [4.69, 9.17) is 4.74 Å². The van der Waals surface area contributed by atoms with E-state index in [1.165, 1.54) is 10.4 Å². The summed E-state index contributed by atoms with van der Waals surface area (Å²) < 4.78 is 5.58. The van der Waals surface area contributed by atoms with Crippen molar-refractivity contribution in [2.45, 2.75) is 31.8 Å². The number of H-pyrrole nitrogens is 1. The molecular weight excluding hydrogens is 440 g/mol. The molecule has 3 aromatic heterocycles. The van der Waals surface area contributed by atoms with Crippen LogP contribution in [-0.2, 0) is 17.6 Å². The number of ether oxygens (including phenoxy) is 1. The first-order valence-electron chi connectivity index (χ1n) is 11.0. The molecule has 1 atom stereocenters. The van der Waals surface area contributed by atoms with Gasteiger partial charge in [-0.25, -0.2) is 9.97 Å². The zero-order chi connectivity index (χ0) is 22.7. The number of anilines is 2. The monoisotopic (exact) mass is 464 g/mol. The van der Waals surface area contributed by atoms with Gasteiger partial charge in [-0.1, -0.05) is 0 Å². The fourth-order valence-corrected chi connectivity index (χ4v) is 6.24. The van der Waals surface area contributed by atoms with Crippen molar-refractivity contribution >= 4 is 49.9 Å². The molecule has 0 bridgehead atoms. The number of carbonyl (C=O) groups is 1. The molecule has 1 aromatic carbocycles. The number of β-amino-alcohol motifs (C(OH)–C–C–N with tert-alkyl or cyclic N) is 1. The second-order valence-corrected chi connectivity index (χ2v) is 10.3. The number of aromatic nitrogens is 4. The second kappa shape index (κ2) is 7.39. The number of nitrogens with zero attached hydrogens (tertiary/aromatic N) is 4. The Morgan fingerprint density at radius 1 is 1.36 bits per heavy atom. The molecular formula is C23H24N6O3S. The van der Waals surface area contributed by atoms with E-state index in [1.807, 2.05) is 12.1 Å². The van der Waals surface area contributed by atoms with Gasteiger partial charge in [0.2, 0.25) is 5.91 Å². The first-order valence-corrected chi connectivity index (χ1v) is 11.8. The van der Waals surface area contributed by atoms with Gasteiger partial charge in [-0.2, -0.15) is 5.10 Å². The summed E-state index contributed by atoms with van der Waals surface area (Å²) in [5.41, 5.74) is 2.18. The lowest BCUT2D eigenvalue weighted by atomic mass is 9.85. The molecule has 9 nitrogen and oxygen atoms in total. The Balaban J connectivity index is 1.32. The number of aryl methyl sites for hydroxylation is 1. The summed E-state index contributed by atoms with van der Waals surface area (Å²) in [6, 6.07) is 3.90. The van der Waals surface area contributed by atoms with Crippen LogP contribution in [0.25, 0.3) is 21.1 Å². The Morgan fingerprint density at radius 3 is 3.00 bits per heavy atom. The Bertz CT molecular complexity index is 1390. The van der Waals surface area contributed by atoms with E-state index in [2.05, 4.69) is 25.5 Å². The van der Waals surface area contributed by atoms with E-state index in [0.29, 0.717) is 25.3 Å². The zero-order valence-electron chi connectivity index (χ0n) is 18.4. The second-order valence-electron chi connectivity index (χ2n) is 9.17. The minimum Gasteiger partial charge on any atom is -0.494 e. The normalized spacial score (nSPS) is 19.4. The maximum atomic E-state index is 12.9. The van der Waals surface area contributed by atoms with Gasteiger partial charge in [-0.3, -0.25) is 9.89 Å². The highest BCUT2D eigenvalue weighted by molar-refractivity contribution is 7.19. The summed E-state index contributed by atoms with van der Waals surface area (Å²) >= 11 is 1.64. The molecule has 170 valence electrons. The van der Waals surface area contributed by atoms with E-state index in [9.17, 15) is 9.90 Å². The molecule has 0 spiro atoms. The Morgan fingerprint density at radius 2 is 2.21 bits per heavy atom. The highest BCUT2D eigenvalue weighted by Gasteiger charge is 2.42. The van der Waals surface area contributed by atoms with Crippen LogP contribution < -0.4 is 10.1 Å². The Hall–Kier alpha value is -3.24. The topological polar surface area (TPSA) is 116 Å². The maximum Gasteiger partial charge on any atom is 0.226 e. The lowest BCUT2D eigenvalue weighted by molar-refractivity contribution is -0.156. The molecule has 33 heavy (non-hydrogen) atoms. The summed E-state index contributed by atoms with van der Waals surface area (Å²) in [7, 11) is 1.64. The summed E-state index contributed by atoms with van der Waals surface area (Å²) in [6.07, 6.45) is 5.64. The van der Waals surface area contributed by atoms with E-state index < -0.39 is 5.60 Å². The number of methoxy groups -OCH3 is 1. The van der Waals surface area contributed by atoms with Crippen LogP contribution in [0.2, 0.25) is 0 Å². The highest BCUT2D eigenvalue weighted by atomic mass is 32.1. The number of hydrogen-bond acceptors (Lipinski definition) is 8. The number of nitrogens with one attached hydrogen (secondary N) is 2. The molecule has 0 radical (unpaired) electrons. The van der Waals surface area contributed by atoms with E-state index in [0.717, 1.165) is 45.5 Å². The van der Waals surface area contributed by atoms with Crippen LogP contribution in [0, 0.1) is 5.92 Å². The van der Waals surface area contributed by atoms with Crippen LogP contribution in [0.3, 0.4) is 0 Å². The van der Waals surface area contributed by atoms with Crippen LogP contribution in [-0.4, -0.2) is 61.9 Å². The molecule has 1 aliphatic carbocycles. The molecule has 0 unspecified atom stereocenters. The average Bonchev–Trinajstić information content (AvgIpc) is 3.39. The van der Waals surface area contributed by atoms with Gasteiger partial charge in [0, 0.05) is 22.2 Å². The number of carbonyl (C=O) groups excluding carboxylic acids is 1. The fraction of sp³-hybridized carbons (Fsp3) is 0.391. The third-order valence-electron chi connectivity index (χ3n) is 6.58. The largest absolute Gasteiger partial charge is 0.494 e. The predicted octanol–water partition coefficient (Wildman–Crippen LogP) is 3.02. The van der Waals surface area contributed by atoms with Crippen LogP contribution in [0.15, 0.2) is 24.7 Å².